The highest BCUT2D eigenvalue weighted by Crippen LogP contribution is 2.19. The van der Waals surface area contributed by atoms with Gasteiger partial charge in [-0.3, -0.25) is 9.59 Å². The summed E-state index contributed by atoms with van der Waals surface area (Å²) in [6.07, 6.45) is 2.50. The van der Waals surface area contributed by atoms with Crippen molar-refractivity contribution < 1.29 is 14.0 Å². The van der Waals surface area contributed by atoms with E-state index in [0.29, 0.717) is 17.0 Å². The fraction of sp³-hybridized carbons (Fsp3) is 0.368. The molecule has 1 fully saturated rings. The number of halogens is 2. The van der Waals surface area contributed by atoms with Gasteiger partial charge in [-0.15, -0.1) is 0 Å². The third-order valence-corrected chi connectivity index (χ3v) is 4.87. The molecule has 2 amide bonds. The normalized spacial score (nSPS) is 19.6. The van der Waals surface area contributed by atoms with Gasteiger partial charge in [0, 0.05) is 30.5 Å². The number of nitrogens with one attached hydrogen (secondary N) is 1. The van der Waals surface area contributed by atoms with E-state index in [-0.39, 0.29) is 37.7 Å². The summed E-state index contributed by atoms with van der Waals surface area (Å²) in [7, 11) is 0. The van der Waals surface area contributed by atoms with E-state index in [1.165, 1.54) is 23.4 Å². The fourth-order valence-electron chi connectivity index (χ4n) is 3.14. The maximum Gasteiger partial charge on any atom is 0.253 e. The summed E-state index contributed by atoms with van der Waals surface area (Å²) in [6, 6.07) is 8.43. The molecule has 0 saturated carbocycles. The van der Waals surface area contributed by atoms with E-state index in [4.69, 9.17) is 11.6 Å². The standard InChI is InChI=1S/C19H20ClFN4O2/c20-17-4-2-1-3-13(17)5-6-18(26)25-11-15(21)9-16(12-25)24-19(27)14-7-8-22-23-10-14/h1-4,7-8,10,15-16H,5-6,9,11-12H2,(H,24,27)/t15-,16+/m1/s1. The summed E-state index contributed by atoms with van der Waals surface area (Å²) in [5.41, 5.74) is 1.24. The Morgan fingerprint density at radius 2 is 2.04 bits per heavy atom. The number of carbonyl (C=O) groups is 2. The van der Waals surface area contributed by atoms with Gasteiger partial charge in [0.2, 0.25) is 5.91 Å². The molecular formula is C19H20ClFN4O2. The second-order valence-electron chi connectivity index (χ2n) is 6.52. The van der Waals surface area contributed by atoms with E-state index in [1.807, 2.05) is 18.2 Å². The first-order valence-corrected chi connectivity index (χ1v) is 9.13. The SMILES string of the molecule is O=C(N[C@H]1C[C@@H](F)CN(C(=O)CCc2ccccc2Cl)C1)c1ccnnc1. The Labute approximate surface area is 161 Å². The van der Waals surface area contributed by atoms with Gasteiger partial charge in [-0.1, -0.05) is 29.8 Å². The summed E-state index contributed by atoms with van der Waals surface area (Å²) < 4.78 is 14.1. The van der Waals surface area contributed by atoms with Crippen LogP contribution >= 0.6 is 11.6 Å². The minimum atomic E-state index is -1.18. The molecule has 2 heterocycles. The van der Waals surface area contributed by atoms with Crippen molar-refractivity contribution in [2.24, 2.45) is 0 Å². The van der Waals surface area contributed by atoms with Crippen molar-refractivity contribution in [3.8, 4) is 0 Å². The number of hydrogen-bond donors (Lipinski definition) is 1. The topological polar surface area (TPSA) is 75.2 Å². The summed E-state index contributed by atoms with van der Waals surface area (Å²) in [5.74, 6) is -0.505. The van der Waals surface area contributed by atoms with Crippen LogP contribution in [0.25, 0.3) is 0 Å². The van der Waals surface area contributed by atoms with Crippen LogP contribution in [0.2, 0.25) is 5.02 Å². The number of piperidine rings is 1. The van der Waals surface area contributed by atoms with Crippen molar-refractivity contribution in [2.45, 2.75) is 31.5 Å². The van der Waals surface area contributed by atoms with Gasteiger partial charge < -0.3 is 10.2 Å². The summed E-state index contributed by atoms with van der Waals surface area (Å²) >= 11 is 6.11. The quantitative estimate of drug-likeness (QED) is 0.850. The van der Waals surface area contributed by atoms with E-state index >= 15 is 0 Å². The van der Waals surface area contributed by atoms with E-state index in [0.717, 1.165) is 5.56 Å². The number of amides is 2. The molecule has 0 aliphatic carbocycles. The highest BCUT2D eigenvalue weighted by Gasteiger charge is 2.30. The lowest BCUT2D eigenvalue weighted by molar-refractivity contribution is -0.133. The van der Waals surface area contributed by atoms with Crippen molar-refractivity contribution in [1.82, 2.24) is 20.4 Å². The zero-order valence-corrected chi connectivity index (χ0v) is 15.4. The summed E-state index contributed by atoms with van der Waals surface area (Å²) in [4.78, 5) is 26.2. The number of hydrogen-bond acceptors (Lipinski definition) is 4. The Morgan fingerprint density at radius 1 is 1.22 bits per heavy atom. The van der Waals surface area contributed by atoms with Crippen LogP contribution in [-0.2, 0) is 11.2 Å². The smallest absolute Gasteiger partial charge is 0.253 e. The van der Waals surface area contributed by atoms with Crippen LogP contribution in [0.4, 0.5) is 4.39 Å². The molecule has 1 aliphatic heterocycles. The molecule has 2 atom stereocenters. The number of aromatic nitrogens is 2. The number of likely N-dealkylation sites (tertiary alicyclic amines) is 1. The fourth-order valence-corrected chi connectivity index (χ4v) is 3.37. The third kappa shape index (κ3) is 5.23. The minimum Gasteiger partial charge on any atom is -0.347 e. The number of rotatable bonds is 5. The molecule has 8 heteroatoms. The molecule has 1 aromatic carbocycles. The molecule has 0 bridgehead atoms. The highest BCUT2D eigenvalue weighted by atomic mass is 35.5. The first-order chi connectivity index (χ1) is 13.0. The molecule has 0 unspecified atom stereocenters. The Morgan fingerprint density at radius 3 is 2.78 bits per heavy atom. The zero-order chi connectivity index (χ0) is 19.2. The second-order valence-corrected chi connectivity index (χ2v) is 6.93. The monoisotopic (exact) mass is 390 g/mol. The minimum absolute atomic E-state index is 0.0462. The van der Waals surface area contributed by atoms with E-state index in [1.54, 1.807) is 6.07 Å². The molecule has 27 heavy (non-hydrogen) atoms. The molecule has 142 valence electrons. The first kappa shape index (κ1) is 19.2. The number of alkyl halides is 1. The second kappa shape index (κ2) is 8.90. The van der Waals surface area contributed by atoms with Gasteiger partial charge in [-0.25, -0.2) is 4.39 Å². The Hall–Kier alpha value is -2.54. The van der Waals surface area contributed by atoms with Crippen LogP contribution < -0.4 is 5.32 Å². The number of nitrogens with zero attached hydrogens (tertiary/aromatic N) is 3. The van der Waals surface area contributed by atoms with Gasteiger partial charge in [-0.05, 0) is 24.1 Å². The van der Waals surface area contributed by atoms with Gasteiger partial charge in [-0.2, -0.15) is 10.2 Å². The van der Waals surface area contributed by atoms with Crippen molar-refractivity contribution in [3.05, 3.63) is 58.9 Å². The van der Waals surface area contributed by atoms with Gasteiger partial charge in [0.25, 0.3) is 5.91 Å². The lowest BCUT2D eigenvalue weighted by Crippen LogP contribution is -2.53. The van der Waals surface area contributed by atoms with Crippen LogP contribution in [0.1, 0.15) is 28.8 Å². The number of carbonyl (C=O) groups excluding carboxylic acids is 2. The molecule has 6 nitrogen and oxygen atoms in total. The van der Waals surface area contributed by atoms with E-state index in [9.17, 15) is 14.0 Å². The predicted octanol–water partition coefficient (Wildman–Crippen LogP) is 2.43. The van der Waals surface area contributed by atoms with Crippen molar-refractivity contribution in [3.63, 3.8) is 0 Å². The third-order valence-electron chi connectivity index (χ3n) is 4.50. The molecule has 1 N–H and O–H groups in total. The molecular weight excluding hydrogens is 371 g/mol. The molecule has 3 rings (SSSR count). The van der Waals surface area contributed by atoms with Crippen LogP contribution in [-0.4, -0.2) is 52.2 Å². The van der Waals surface area contributed by atoms with Gasteiger partial charge in [0.15, 0.2) is 0 Å². The van der Waals surface area contributed by atoms with E-state index < -0.39 is 12.2 Å². The maximum atomic E-state index is 14.1. The zero-order valence-electron chi connectivity index (χ0n) is 14.6. The highest BCUT2D eigenvalue weighted by molar-refractivity contribution is 6.31. The predicted molar refractivity (Wildman–Crippen MR) is 99.2 cm³/mol. The average Bonchev–Trinajstić information content (AvgIpc) is 2.67. The van der Waals surface area contributed by atoms with Crippen molar-refractivity contribution in [1.29, 1.82) is 0 Å². The van der Waals surface area contributed by atoms with Crippen molar-refractivity contribution >= 4 is 23.4 Å². The van der Waals surface area contributed by atoms with Gasteiger partial charge >= 0.3 is 0 Å². The van der Waals surface area contributed by atoms with Crippen molar-refractivity contribution in [2.75, 3.05) is 13.1 Å². The van der Waals surface area contributed by atoms with Crippen LogP contribution in [0.3, 0.4) is 0 Å². The molecule has 1 saturated heterocycles. The number of benzene rings is 1. The average molecular weight is 391 g/mol. The number of aryl methyl sites for hydroxylation is 1. The Kier molecular flexibility index (Phi) is 6.34. The van der Waals surface area contributed by atoms with Gasteiger partial charge in [0.05, 0.1) is 24.5 Å². The lowest BCUT2D eigenvalue weighted by Gasteiger charge is -2.35. The molecule has 0 spiro atoms. The largest absolute Gasteiger partial charge is 0.347 e. The van der Waals surface area contributed by atoms with Crippen LogP contribution in [0.15, 0.2) is 42.7 Å². The molecule has 1 aliphatic rings. The van der Waals surface area contributed by atoms with Crippen LogP contribution in [0, 0.1) is 0 Å². The van der Waals surface area contributed by atoms with Crippen LogP contribution in [0.5, 0.6) is 0 Å². The lowest BCUT2D eigenvalue weighted by atomic mass is 10.0. The molecule has 2 aromatic rings. The van der Waals surface area contributed by atoms with E-state index in [2.05, 4.69) is 15.5 Å². The molecule has 1 aromatic heterocycles. The molecule has 0 radical (unpaired) electrons. The Balaban J connectivity index is 1.57. The summed E-state index contributed by atoms with van der Waals surface area (Å²) in [6.45, 7) is 0.330. The first-order valence-electron chi connectivity index (χ1n) is 8.75. The maximum absolute atomic E-state index is 14.1. The Bertz CT molecular complexity index is 805. The summed E-state index contributed by atoms with van der Waals surface area (Å²) in [5, 5.41) is 10.7. The van der Waals surface area contributed by atoms with Gasteiger partial charge in [0.1, 0.15) is 6.17 Å².